The Labute approximate surface area is 45.4 Å². The van der Waals surface area contributed by atoms with E-state index in [1.807, 2.05) is 6.20 Å². The third kappa shape index (κ3) is 1.26. The molecule has 0 unspecified atom stereocenters. The van der Waals surface area contributed by atoms with E-state index < -0.39 is 0 Å². The van der Waals surface area contributed by atoms with Gasteiger partial charge in [0.1, 0.15) is 0 Å². The molecule has 1 aliphatic heterocycles. The van der Waals surface area contributed by atoms with Crippen molar-refractivity contribution in [3.8, 4) is 0 Å². The fourth-order valence-corrected chi connectivity index (χ4v) is 0.676. The van der Waals surface area contributed by atoms with Crippen molar-refractivity contribution in [3.63, 3.8) is 0 Å². The van der Waals surface area contributed by atoms with Gasteiger partial charge in [-0.3, -0.25) is 0 Å². The van der Waals surface area contributed by atoms with Gasteiger partial charge in [0.05, 0.1) is 0 Å². The summed E-state index contributed by atoms with van der Waals surface area (Å²) >= 11 is 0. The van der Waals surface area contributed by atoms with Gasteiger partial charge >= 0.3 is 0 Å². The molecule has 0 N–H and O–H groups in total. The summed E-state index contributed by atoms with van der Waals surface area (Å²) in [6.07, 6.45) is 6.40. The zero-order valence-corrected chi connectivity index (χ0v) is 4.30. The van der Waals surface area contributed by atoms with E-state index in [-0.39, 0.29) is 0 Å². The monoisotopic (exact) mass is 93.1 g/mol. The summed E-state index contributed by atoms with van der Waals surface area (Å²) in [4.78, 5) is 1.71. The van der Waals surface area contributed by atoms with Crippen LogP contribution in [0.2, 0.25) is 0 Å². The van der Waals surface area contributed by atoms with Crippen LogP contribution in [-0.4, -0.2) is 19.3 Å². The molecule has 0 aromatic carbocycles. The van der Waals surface area contributed by atoms with E-state index in [9.17, 15) is 0 Å². The predicted molar refractivity (Wildman–Crippen MR) is 30.8 cm³/mol. The fourth-order valence-electron chi connectivity index (χ4n) is 0.676. The lowest BCUT2D eigenvalue weighted by atomic mass is 10.2. The molecular weight excluding hydrogens is 84.9 g/mol. The van der Waals surface area contributed by atoms with Crippen molar-refractivity contribution in [1.82, 2.24) is 4.81 Å². The maximum atomic E-state index is 5.38. The number of nitrogens with zero attached hydrogens (tertiary/aromatic N) is 1. The quantitative estimate of drug-likeness (QED) is 0.398. The van der Waals surface area contributed by atoms with Crippen molar-refractivity contribution in [2.24, 2.45) is 0 Å². The van der Waals surface area contributed by atoms with Crippen molar-refractivity contribution >= 4 is 7.98 Å². The van der Waals surface area contributed by atoms with Gasteiger partial charge in [-0.1, -0.05) is 6.08 Å². The Hall–Kier alpha value is -0.395. The summed E-state index contributed by atoms with van der Waals surface area (Å²) in [7, 11) is 5.38. The van der Waals surface area contributed by atoms with E-state index in [0.29, 0.717) is 0 Å². The topological polar surface area (TPSA) is 3.24 Å². The van der Waals surface area contributed by atoms with Crippen LogP contribution in [0.25, 0.3) is 0 Å². The number of rotatable bonds is 0. The van der Waals surface area contributed by atoms with E-state index in [1.165, 1.54) is 12.8 Å². The van der Waals surface area contributed by atoms with Crippen LogP contribution in [0, 0.1) is 0 Å². The molecule has 0 bridgehead atoms. The SMILES string of the molecule is [B]N1C=CCCC1. The van der Waals surface area contributed by atoms with Gasteiger partial charge in [-0.05, 0) is 19.0 Å². The average molecular weight is 92.9 g/mol. The van der Waals surface area contributed by atoms with Crippen LogP contribution < -0.4 is 0 Å². The van der Waals surface area contributed by atoms with Gasteiger partial charge in [0.15, 0.2) is 0 Å². The first-order valence-corrected chi connectivity index (χ1v) is 2.57. The smallest absolute Gasteiger partial charge is 0.225 e. The minimum atomic E-state index is 1.01. The predicted octanol–water partition coefficient (Wildman–Crippen LogP) is 0.679. The van der Waals surface area contributed by atoms with Crippen LogP contribution in [0.1, 0.15) is 12.8 Å². The van der Waals surface area contributed by atoms with Crippen LogP contribution in [0.3, 0.4) is 0 Å². The first-order valence-electron chi connectivity index (χ1n) is 2.57. The third-order valence-electron chi connectivity index (χ3n) is 1.08. The average Bonchev–Trinajstić information content (AvgIpc) is 1.69. The van der Waals surface area contributed by atoms with Gasteiger partial charge in [0.2, 0.25) is 7.98 Å². The van der Waals surface area contributed by atoms with E-state index >= 15 is 0 Å². The summed E-state index contributed by atoms with van der Waals surface area (Å²) in [6, 6.07) is 0. The standard InChI is InChI=1S/C5H8BN/c6-7-4-2-1-3-5-7/h2,4H,1,3,5H2. The van der Waals surface area contributed by atoms with Crippen molar-refractivity contribution in [3.05, 3.63) is 12.3 Å². The molecule has 0 saturated carbocycles. The highest BCUT2D eigenvalue weighted by Gasteiger charge is 1.93. The van der Waals surface area contributed by atoms with Crippen LogP contribution >= 0.6 is 0 Å². The molecule has 0 amide bonds. The Bertz CT molecular complexity index is 80.1. The maximum absolute atomic E-state index is 5.38. The van der Waals surface area contributed by atoms with Crippen molar-refractivity contribution in [1.29, 1.82) is 0 Å². The van der Waals surface area contributed by atoms with Crippen LogP contribution in [0.4, 0.5) is 0 Å². The van der Waals surface area contributed by atoms with Crippen molar-refractivity contribution in [2.75, 3.05) is 6.54 Å². The molecule has 0 aromatic rings. The number of allylic oxidation sites excluding steroid dienone is 1. The van der Waals surface area contributed by atoms with Crippen LogP contribution in [-0.2, 0) is 0 Å². The minimum Gasteiger partial charge on any atom is -0.431 e. The Kier molecular flexibility index (Phi) is 1.40. The molecule has 1 heterocycles. The molecule has 0 aliphatic carbocycles. The molecule has 36 valence electrons. The summed E-state index contributed by atoms with van der Waals surface area (Å²) in [5, 5.41) is 0. The molecule has 0 aromatic heterocycles. The molecule has 1 nitrogen and oxygen atoms in total. The molecular formula is C5H8BN. The number of hydrogen-bond donors (Lipinski definition) is 0. The molecule has 0 atom stereocenters. The first-order chi connectivity index (χ1) is 3.39. The van der Waals surface area contributed by atoms with Gasteiger partial charge < -0.3 is 4.81 Å². The molecule has 7 heavy (non-hydrogen) atoms. The van der Waals surface area contributed by atoms with Crippen LogP contribution in [0.5, 0.6) is 0 Å². The Morgan fingerprint density at radius 3 is 2.71 bits per heavy atom. The third-order valence-corrected chi connectivity index (χ3v) is 1.08. The van der Waals surface area contributed by atoms with Crippen molar-refractivity contribution in [2.45, 2.75) is 12.8 Å². The largest absolute Gasteiger partial charge is 0.431 e. The molecule has 1 aliphatic rings. The second-order valence-corrected chi connectivity index (χ2v) is 1.76. The summed E-state index contributed by atoms with van der Waals surface area (Å²) < 4.78 is 0. The minimum absolute atomic E-state index is 1.01. The molecule has 0 fully saturated rings. The summed E-state index contributed by atoms with van der Waals surface area (Å²) in [5.74, 6) is 0. The zero-order valence-electron chi connectivity index (χ0n) is 4.30. The summed E-state index contributed by atoms with van der Waals surface area (Å²) in [5.41, 5.74) is 0. The Balaban J connectivity index is 2.36. The van der Waals surface area contributed by atoms with Gasteiger partial charge in [0, 0.05) is 6.54 Å². The normalized spacial score (nSPS) is 20.3. The molecule has 1 rings (SSSR count). The first kappa shape index (κ1) is 4.76. The highest BCUT2D eigenvalue weighted by atomic mass is 15.0. The fraction of sp³-hybridized carbons (Fsp3) is 0.600. The Morgan fingerprint density at radius 1 is 1.57 bits per heavy atom. The Morgan fingerprint density at radius 2 is 2.43 bits per heavy atom. The summed E-state index contributed by atoms with van der Waals surface area (Å²) in [6.45, 7) is 1.01. The lowest BCUT2D eigenvalue weighted by molar-refractivity contribution is 0.544. The lowest BCUT2D eigenvalue weighted by Crippen LogP contribution is -2.16. The van der Waals surface area contributed by atoms with Gasteiger partial charge in [-0.15, -0.1) is 0 Å². The zero-order chi connectivity index (χ0) is 5.11. The van der Waals surface area contributed by atoms with Crippen LogP contribution in [0.15, 0.2) is 12.3 Å². The van der Waals surface area contributed by atoms with Crippen molar-refractivity contribution < 1.29 is 0 Å². The van der Waals surface area contributed by atoms with Gasteiger partial charge in [-0.2, -0.15) is 0 Å². The van der Waals surface area contributed by atoms with E-state index in [2.05, 4.69) is 6.08 Å². The molecule has 0 saturated heterocycles. The molecule has 2 heteroatoms. The van der Waals surface area contributed by atoms with E-state index in [1.54, 1.807) is 4.81 Å². The van der Waals surface area contributed by atoms with E-state index in [4.69, 9.17) is 7.98 Å². The lowest BCUT2D eigenvalue weighted by Gasteiger charge is -2.16. The van der Waals surface area contributed by atoms with E-state index in [0.717, 1.165) is 6.54 Å². The van der Waals surface area contributed by atoms with Gasteiger partial charge in [-0.25, -0.2) is 0 Å². The maximum Gasteiger partial charge on any atom is 0.225 e. The van der Waals surface area contributed by atoms with Gasteiger partial charge in [0.25, 0.3) is 0 Å². The highest BCUT2D eigenvalue weighted by Crippen LogP contribution is 2.00. The second-order valence-electron chi connectivity index (χ2n) is 1.76. The highest BCUT2D eigenvalue weighted by molar-refractivity contribution is 6.05. The second kappa shape index (κ2) is 2.06. The number of hydrogen-bond acceptors (Lipinski definition) is 1. The molecule has 0 spiro atoms. The molecule has 2 radical (unpaired) electrons.